The summed E-state index contributed by atoms with van der Waals surface area (Å²) >= 11 is 0. The monoisotopic (exact) mass is 207 g/mol. The molecule has 0 radical (unpaired) electrons. The van der Waals surface area contributed by atoms with Crippen molar-refractivity contribution < 1.29 is 15.0 Å². The number of carboxylic acid groups (broad SMARTS) is 1. The molecule has 80 valence electrons. The van der Waals surface area contributed by atoms with E-state index in [2.05, 4.69) is 0 Å². The van der Waals surface area contributed by atoms with Crippen LogP contribution in [-0.4, -0.2) is 29.3 Å². The maximum atomic E-state index is 10.8. The van der Waals surface area contributed by atoms with Gasteiger partial charge in [0, 0.05) is 24.8 Å². The predicted molar refractivity (Wildman–Crippen MR) is 56.1 cm³/mol. The number of aromatic hydroxyl groups is 1. The molecule has 0 amide bonds. The van der Waals surface area contributed by atoms with Gasteiger partial charge in [0.1, 0.15) is 5.75 Å². The van der Waals surface area contributed by atoms with Crippen LogP contribution in [0.5, 0.6) is 5.75 Å². The van der Waals surface area contributed by atoms with Crippen molar-refractivity contribution in [2.75, 3.05) is 18.0 Å². The number of nitrogens with zero attached hydrogens (tertiary/aromatic N) is 1. The van der Waals surface area contributed by atoms with Gasteiger partial charge in [0.05, 0.1) is 5.92 Å². The first-order chi connectivity index (χ1) is 7.16. The quantitative estimate of drug-likeness (QED) is 0.767. The Morgan fingerprint density at radius 2 is 2.27 bits per heavy atom. The summed E-state index contributed by atoms with van der Waals surface area (Å²) in [5.74, 6) is -0.809. The molecule has 1 unspecified atom stereocenters. The molecule has 4 nitrogen and oxygen atoms in total. The molecule has 4 heteroatoms. The molecule has 0 aliphatic carbocycles. The number of anilines is 1. The molecule has 1 heterocycles. The summed E-state index contributed by atoms with van der Waals surface area (Å²) in [7, 11) is 0. The van der Waals surface area contributed by atoms with Crippen LogP contribution >= 0.6 is 0 Å². The Balaban J connectivity index is 2.11. The van der Waals surface area contributed by atoms with Crippen molar-refractivity contribution in [1.82, 2.24) is 0 Å². The number of hydrogen-bond donors (Lipinski definition) is 2. The Morgan fingerprint density at radius 3 is 2.87 bits per heavy atom. The van der Waals surface area contributed by atoms with Gasteiger partial charge < -0.3 is 15.1 Å². The molecule has 0 aromatic heterocycles. The van der Waals surface area contributed by atoms with Gasteiger partial charge in [-0.15, -0.1) is 0 Å². The second-order valence-corrected chi connectivity index (χ2v) is 3.79. The number of benzene rings is 1. The molecule has 1 aliphatic heterocycles. The van der Waals surface area contributed by atoms with E-state index < -0.39 is 5.97 Å². The lowest BCUT2D eigenvalue weighted by Crippen LogP contribution is -2.22. The van der Waals surface area contributed by atoms with Crippen molar-refractivity contribution in [2.45, 2.75) is 6.42 Å². The zero-order valence-electron chi connectivity index (χ0n) is 8.26. The molecule has 1 atom stereocenters. The third-order valence-corrected chi connectivity index (χ3v) is 2.73. The lowest BCUT2D eigenvalue weighted by atomic mass is 10.1. The van der Waals surface area contributed by atoms with Crippen LogP contribution in [0.1, 0.15) is 6.42 Å². The molecule has 1 saturated heterocycles. The van der Waals surface area contributed by atoms with Gasteiger partial charge in [-0.3, -0.25) is 4.79 Å². The molecule has 1 aliphatic rings. The van der Waals surface area contributed by atoms with E-state index in [1.54, 1.807) is 18.2 Å². The molecule has 0 saturated carbocycles. The number of rotatable bonds is 2. The normalized spacial score (nSPS) is 20.5. The summed E-state index contributed by atoms with van der Waals surface area (Å²) in [6.07, 6.45) is 0.672. The lowest BCUT2D eigenvalue weighted by Gasteiger charge is -2.17. The maximum absolute atomic E-state index is 10.8. The Labute approximate surface area is 87.8 Å². The first-order valence-corrected chi connectivity index (χ1v) is 4.93. The molecule has 15 heavy (non-hydrogen) atoms. The molecule has 2 N–H and O–H groups in total. The highest BCUT2D eigenvalue weighted by Crippen LogP contribution is 2.26. The summed E-state index contributed by atoms with van der Waals surface area (Å²) in [5, 5.41) is 18.2. The van der Waals surface area contributed by atoms with Gasteiger partial charge in [0.15, 0.2) is 0 Å². The van der Waals surface area contributed by atoms with Crippen molar-refractivity contribution in [3.8, 4) is 5.75 Å². The van der Waals surface area contributed by atoms with Gasteiger partial charge in [-0.25, -0.2) is 0 Å². The predicted octanol–water partition coefficient (Wildman–Crippen LogP) is 1.30. The highest BCUT2D eigenvalue weighted by atomic mass is 16.4. The molecule has 1 aromatic rings. The second-order valence-electron chi connectivity index (χ2n) is 3.79. The smallest absolute Gasteiger partial charge is 0.308 e. The number of aliphatic carboxylic acids is 1. The van der Waals surface area contributed by atoms with Crippen LogP contribution < -0.4 is 4.90 Å². The van der Waals surface area contributed by atoms with E-state index in [0.717, 1.165) is 12.2 Å². The van der Waals surface area contributed by atoms with Gasteiger partial charge in [-0.1, -0.05) is 6.07 Å². The van der Waals surface area contributed by atoms with Crippen molar-refractivity contribution in [3.05, 3.63) is 24.3 Å². The van der Waals surface area contributed by atoms with E-state index in [1.807, 2.05) is 11.0 Å². The average molecular weight is 207 g/mol. The van der Waals surface area contributed by atoms with Gasteiger partial charge in [0.25, 0.3) is 0 Å². The maximum Gasteiger partial charge on any atom is 0.308 e. The van der Waals surface area contributed by atoms with E-state index in [0.29, 0.717) is 13.0 Å². The largest absolute Gasteiger partial charge is 0.508 e. The van der Waals surface area contributed by atoms with Crippen LogP contribution in [0.3, 0.4) is 0 Å². The van der Waals surface area contributed by atoms with Crippen LogP contribution in [0.4, 0.5) is 5.69 Å². The Hall–Kier alpha value is -1.71. The first kappa shape index (κ1) is 9.83. The fraction of sp³-hybridized carbons (Fsp3) is 0.364. The minimum Gasteiger partial charge on any atom is -0.508 e. The zero-order chi connectivity index (χ0) is 10.8. The molecule has 1 aromatic carbocycles. The van der Waals surface area contributed by atoms with E-state index >= 15 is 0 Å². The van der Waals surface area contributed by atoms with Crippen molar-refractivity contribution in [1.29, 1.82) is 0 Å². The number of phenols is 1. The topological polar surface area (TPSA) is 60.8 Å². The minimum atomic E-state index is -0.738. The van der Waals surface area contributed by atoms with Crippen LogP contribution in [0.15, 0.2) is 24.3 Å². The zero-order valence-corrected chi connectivity index (χ0v) is 8.26. The Morgan fingerprint density at radius 1 is 1.47 bits per heavy atom. The van der Waals surface area contributed by atoms with Gasteiger partial charge in [-0.2, -0.15) is 0 Å². The summed E-state index contributed by atoms with van der Waals surface area (Å²) in [4.78, 5) is 12.8. The van der Waals surface area contributed by atoms with E-state index in [1.165, 1.54) is 0 Å². The molecular formula is C11H13NO3. The van der Waals surface area contributed by atoms with Crippen molar-refractivity contribution in [3.63, 3.8) is 0 Å². The van der Waals surface area contributed by atoms with Crippen molar-refractivity contribution in [2.24, 2.45) is 5.92 Å². The molecule has 2 rings (SSSR count). The van der Waals surface area contributed by atoms with Crippen molar-refractivity contribution >= 4 is 11.7 Å². The molecule has 1 fully saturated rings. The SMILES string of the molecule is O=C(O)C1CCN(c2cccc(O)c2)C1. The molecular weight excluding hydrogens is 194 g/mol. The molecule has 0 spiro atoms. The van der Waals surface area contributed by atoms with Gasteiger partial charge in [-0.05, 0) is 18.6 Å². The van der Waals surface area contributed by atoms with Gasteiger partial charge in [0.2, 0.25) is 0 Å². The van der Waals surface area contributed by atoms with Gasteiger partial charge >= 0.3 is 5.97 Å². The Kier molecular flexibility index (Phi) is 2.49. The number of carboxylic acids is 1. The first-order valence-electron chi connectivity index (χ1n) is 4.93. The number of hydrogen-bond acceptors (Lipinski definition) is 3. The van der Waals surface area contributed by atoms with Crippen LogP contribution in [0.25, 0.3) is 0 Å². The van der Waals surface area contributed by atoms with E-state index in [4.69, 9.17) is 5.11 Å². The summed E-state index contributed by atoms with van der Waals surface area (Å²) in [6, 6.07) is 6.90. The third-order valence-electron chi connectivity index (χ3n) is 2.73. The standard InChI is InChI=1S/C11H13NO3/c13-10-3-1-2-9(6-10)12-5-4-8(7-12)11(14)15/h1-3,6,8,13H,4-5,7H2,(H,14,15). The lowest BCUT2D eigenvalue weighted by molar-refractivity contribution is -0.140. The number of phenolic OH excluding ortho intramolecular Hbond substituents is 1. The Bertz CT molecular complexity index is 378. The average Bonchev–Trinajstić information content (AvgIpc) is 2.66. The summed E-state index contributed by atoms with van der Waals surface area (Å²) in [5.41, 5.74) is 0.888. The summed E-state index contributed by atoms with van der Waals surface area (Å²) in [6.45, 7) is 1.26. The third kappa shape index (κ3) is 2.03. The van der Waals surface area contributed by atoms with Crippen LogP contribution in [-0.2, 0) is 4.79 Å². The fourth-order valence-electron chi connectivity index (χ4n) is 1.89. The van der Waals surface area contributed by atoms with E-state index in [9.17, 15) is 9.90 Å². The summed E-state index contributed by atoms with van der Waals surface area (Å²) < 4.78 is 0. The molecule has 0 bridgehead atoms. The second kappa shape index (κ2) is 3.81. The number of carbonyl (C=O) groups is 1. The highest BCUT2D eigenvalue weighted by Gasteiger charge is 2.27. The van der Waals surface area contributed by atoms with Crippen LogP contribution in [0, 0.1) is 5.92 Å². The highest BCUT2D eigenvalue weighted by molar-refractivity contribution is 5.72. The van der Waals surface area contributed by atoms with Crippen LogP contribution in [0.2, 0.25) is 0 Å². The van der Waals surface area contributed by atoms with E-state index in [-0.39, 0.29) is 11.7 Å². The minimum absolute atomic E-state index is 0.214. The fourth-order valence-corrected chi connectivity index (χ4v) is 1.89.